The molecule has 2 rings (SSSR count). The maximum absolute atomic E-state index is 6.10. The van der Waals surface area contributed by atoms with E-state index < -0.39 is 0 Å². The second-order valence-electron chi connectivity index (χ2n) is 4.70. The first-order valence-corrected chi connectivity index (χ1v) is 6.30. The Morgan fingerprint density at radius 1 is 1.22 bits per heavy atom. The Kier molecular flexibility index (Phi) is 4.44. The van der Waals surface area contributed by atoms with Crippen molar-refractivity contribution in [1.82, 2.24) is 0 Å². The molecule has 0 spiro atoms. The van der Waals surface area contributed by atoms with E-state index in [-0.39, 0.29) is 6.04 Å². The van der Waals surface area contributed by atoms with Gasteiger partial charge in [0.2, 0.25) is 0 Å². The van der Waals surface area contributed by atoms with Gasteiger partial charge in [0.25, 0.3) is 0 Å². The molecule has 0 aromatic heterocycles. The predicted molar refractivity (Wildman–Crippen MR) is 70.0 cm³/mol. The summed E-state index contributed by atoms with van der Waals surface area (Å²) in [4.78, 5) is 0. The van der Waals surface area contributed by atoms with E-state index in [2.05, 4.69) is 0 Å². The molecule has 0 amide bonds. The van der Waals surface area contributed by atoms with Crippen LogP contribution in [0.3, 0.4) is 0 Å². The monoisotopic (exact) mass is 251 g/mol. The van der Waals surface area contributed by atoms with Crippen LogP contribution in [0.25, 0.3) is 0 Å². The van der Waals surface area contributed by atoms with E-state index in [1.807, 2.05) is 18.2 Å². The SMILES string of the molecule is COc1ccc(C(N)COCC2CC2)cc1OC. The van der Waals surface area contributed by atoms with E-state index in [1.165, 1.54) is 12.8 Å². The first-order chi connectivity index (χ1) is 8.74. The average Bonchev–Trinajstić information content (AvgIpc) is 3.21. The first-order valence-electron chi connectivity index (χ1n) is 6.30. The molecule has 4 heteroatoms. The highest BCUT2D eigenvalue weighted by Crippen LogP contribution is 2.31. The molecule has 0 aliphatic heterocycles. The summed E-state index contributed by atoms with van der Waals surface area (Å²) in [6, 6.07) is 5.61. The van der Waals surface area contributed by atoms with E-state index in [9.17, 15) is 0 Å². The van der Waals surface area contributed by atoms with Crippen LogP contribution in [0.4, 0.5) is 0 Å². The minimum atomic E-state index is -0.122. The largest absolute Gasteiger partial charge is 0.493 e. The molecule has 1 saturated carbocycles. The van der Waals surface area contributed by atoms with Crippen LogP contribution < -0.4 is 15.2 Å². The van der Waals surface area contributed by atoms with Gasteiger partial charge in [0.15, 0.2) is 11.5 Å². The maximum atomic E-state index is 6.10. The quantitative estimate of drug-likeness (QED) is 0.806. The minimum Gasteiger partial charge on any atom is -0.493 e. The van der Waals surface area contributed by atoms with Gasteiger partial charge in [-0.1, -0.05) is 6.07 Å². The Balaban J connectivity index is 1.93. The Bertz CT molecular complexity index is 391. The minimum absolute atomic E-state index is 0.122. The highest BCUT2D eigenvalue weighted by molar-refractivity contribution is 5.43. The number of nitrogens with two attached hydrogens (primary N) is 1. The number of methoxy groups -OCH3 is 2. The molecule has 0 saturated heterocycles. The molecule has 0 radical (unpaired) electrons. The van der Waals surface area contributed by atoms with Crippen molar-refractivity contribution in [2.24, 2.45) is 11.7 Å². The lowest BCUT2D eigenvalue weighted by atomic mass is 10.1. The summed E-state index contributed by atoms with van der Waals surface area (Å²) in [5.41, 5.74) is 7.10. The zero-order valence-electron chi connectivity index (χ0n) is 11.0. The molecule has 1 fully saturated rings. The van der Waals surface area contributed by atoms with Gasteiger partial charge >= 0.3 is 0 Å². The lowest BCUT2D eigenvalue weighted by molar-refractivity contribution is 0.112. The zero-order valence-corrected chi connectivity index (χ0v) is 11.0. The topological polar surface area (TPSA) is 53.7 Å². The standard InChI is InChI=1S/C14H21NO3/c1-16-13-6-5-11(7-14(13)17-2)12(15)9-18-8-10-3-4-10/h5-7,10,12H,3-4,8-9,15H2,1-2H3. The second-order valence-corrected chi connectivity index (χ2v) is 4.70. The normalized spacial score (nSPS) is 16.4. The summed E-state index contributed by atoms with van der Waals surface area (Å²) in [6.07, 6.45) is 2.59. The van der Waals surface area contributed by atoms with Crippen molar-refractivity contribution in [2.75, 3.05) is 27.4 Å². The zero-order chi connectivity index (χ0) is 13.0. The van der Waals surface area contributed by atoms with Gasteiger partial charge in [0.1, 0.15) is 0 Å². The fourth-order valence-electron chi connectivity index (χ4n) is 1.83. The summed E-state index contributed by atoms with van der Waals surface area (Å²) < 4.78 is 16.1. The third-order valence-corrected chi connectivity index (χ3v) is 3.18. The molecule has 4 nitrogen and oxygen atoms in total. The number of rotatable bonds is 7. The molecule has 1 atom stereocenters. The second kappa shape index (κ2) is 6.07. The van der Waals surface area contributed by atoms with Crippen LogP contribution in [0.2, 0.25) is 0 Å². The van der Waals surface area contributed by atoms with Crippen LogP contribution in [0.1, 0.15) is 24.4 Å². The van der Waals surface area contributed by atoms with Crippen LogP contribution in [-0.2, 0) is 4.74 Å². The first kappa shape index (κ1) is 13.2. The summed E-state index contributed by atoms with van der Waals surface area (Å²) >= 11 is 0. The van der Waals surface area contributed by atoms with Gasteiger partial charge in [0, 0.05) is 6.61 Å². The Morgan fingerprint density at radius 2 is 1.94 bits per heavy atom. The molecule has 1 unspecified atom stereocenters. The molecule has 1 aliphatic carbocycles. The van der Waals surface area contributed by atoms with Crippen molar-refractivity contribution in [2.45, 2.75) is 18.9 Å². The van der Waals surface area contributed by atoms with Crippen molar-refractivity contribution in [3.8, 4) is 11.5 Å². The van der Waals surface area contributed by atoms with E-state index in [1.54, 1.807) is 14.2 Å². The van der Waals surface area contributed by atoms with Gasteiger partial charge in [0.05, 0.1) is 26.9 Å². The molecular weight excluding hydrogens is 230 g/mol. The van der Waals surface area contributed by atoms with Gasteiger partial charge in [-0.3, -0.25) is 0 Å². The van der Waals surface area contributed by atoms with Gasteiger partial charge in [-0.2, -0.15) is 0 Å². The third-order valence-electron chi connectivity index (χ3n) is 3.18. The summed E-state index contributed by atoms with van der Waals surface area (Å²) in [7, 11) is 3.24. The third kappa shape index (κ3) is 3.37. The summed E-state index contributed by atoms with van der Waals surface area (Å²) in [6.45, 7) is 1.38. The van der Waals surface area contributed by atoms with Gasteiger partial charge in [-0.05, 0) is 36.5 Å². The molecule has 1 aromatic rings. The number of hydrogen-bond acceptors (Lipinski definition) is 4. The lowest BCUT2D eigenvalue weighted by Crippen LogP contribution is -2.18. The van der Waals surface area contributed by atoms with E-state index in [0.717, 1.165) is 18.1 Å². The van der Waals surface area contributed by atoms with Crippen molar-refractivity contribution < 1.29 is 14.2 Å². The number of ether oxygens (including phenoxy) is 3. The van der Waals surface area contributed by atoms with Crippen molar-refractivity contribution >= 4 is 0 Å². The highest BCUT2D eigenvalue weighted by atomic mass is 16.5. The van der Waals surface area contributed by atoms with Crippen molar-refractivity contribution in [3.63, 3.8) is 0 Å². The summed E-state index contributed by atoms with van der Waals surface area (Å²) in [5.74, 6) is 2.18. The smallest absolute Gasteiger partial charge is 0.161 e. The van der Waals surface area contributed by atoms with Gasteiger partial charge in [-0.15, -0.1) is 0 Å². The van der Waals surface area contributed by atoms with Gasteiger partial charge in [-0.25, -0.2) is 0 Å². The van der Waals surface area contributed by atoms with Crippen LogP contribution in [0.5, 0.6) is 11.5 Å². The molecular formula is C14H21NO3. The predicted octanol–water partition coefficient (Wildman–Crippen LogP) is 2.13. The van der Waals surface area contributed by atoms with Crippen LogP contribution >= 0.6 is 0 Å². The van der Waals surface area contributed by atoms with E-state index >= 15 is 0 Å². The fraction of sp³-hybridized carbons (Fsp3) is 0.571. The molecule has 0 bridgehead atoms. The van der Waals surface area contributed by atoms with Crippen LogP contribution in [0, 0.1) is 5.92 Å². The fourth-order valence-corrected chi connectivity index (χ4v) is 1.83. The maximum Gasteiger partial charge on any atom is 0.161 e. The molecule has 2 N–H and O–H groups in total. The van der Waals surface area contributed by atoms with E-state index in [0.29, 0.717) is 18.1 Å². The number of benzene rings is 1. The van der Waals surface area contributed by atoms with Crippen molar-refractivity contribution in [3.05, 3.63) is 23.8 Å². The Labute approximate surface area is 108 Å². The van der Waals surface area contributed by atoms with Crippen LogP contribution in [0.15, 0.2) is 18.2 Å². The molecule has 0 heterocycles. The molecule has 1 aliphatic rings. The van der Waals surface area contributed by atoms with E-state index in [4.69, 9.17) is 19.9 Å². The Hall–Kier alpha value is -1.26. The van der Waals surface area contributed by atoms with Gasteiger partial charge < -0.3 is 19.9 Å². The Morgan fingerprint density at radius 3 is 2.56 bits per heavy atom. The van der Waals surface area contributed by atoms with Crippen LogP contribution in [-0.4, -0.2) is 27.4 Å². The lowest BCUT2D eigenvalue weighted by Gasteiger charge is -2.15. The highest BCUT2D eigenvalue weighted by Gasteiger charge is 2.21. The molecule has 1 aromatic carbocycles. The average molecular weight is 251 g/mol. The number of hydrogen-bond donors (Lipinski definition) is 1. The summed E-state index contributed by atoms with van der Waals surface area (Å²) in [5, 5.41) is 0. The molecule has 18 heavy (non-hydrogen) atoms. The molecule has 100 valence electrons. The van der Waals surface area contributed by atoms with Crippen molar-refractivity contribution in [1.29, 1.82) is 0 Å².